The summed E-state index contributed by atoms with van der Waals surface area (Å²) >= 11 is 0. The Hall–Kier alpha value is -0.910. The third-order valence-electron chi connectivity index (χ3n) is 10.2. The number of hydrogen-bond acceptors (Lipinski definition) is 5. The zero-order chi connectivity index (χ0) is 24.7. The average molecular weight is 477 g/mol. The molecule has 0 amide bonds. The normalized spacial score (nSPS) is 39.4. The zero-order valence-electron chi connectivity index (χ0n) is 22.1. The van der Waals surface area contributed by atoms with Crippen molar-refractivity contribution in [3.63, 3.8) is 0 Å². The monoisotopic (exact) mass is 476 g/mol. The number of rotatable bonds is 9. The Morgan fingerprint density at radius 1 is 1.09 bits per heavy atom. The van der Waals surface area contributed by atoms with Gasteiger partial charge >= 0.3 is 5.97 Å². The van der Waals surface area contributed by atoms with Crippen LogP contribution in [0.3, 0.4) is 0 Å². The van der Waals surface area contributed by atoms with Crippen LogP contribution in [0.15, 0.2) is 11.3 Å². The second-order valence-corrected chi connectivity index (χ2v) is 12.8. The van der Waals surface area contributed by atoms with E-state index in [1.807, 2.05) is 0 Å². The second-order valence-electron chi connectivity index (χ2n) is 12.8. The molecule has 0 aromatic heterocycles. The van der Waals surface area contributed by atoms with Gasteiger partial charge in [0.1, 0.15) is 11.9 Å². The first kappa shape index (κ1) is 26.2. The largest absolute Gasteiger partial charge is 0.431 e. The Labute approximate surface area is 206 Å². The van der Waals surface area contributed by atoms with Crippen molar-refractivity contribution >= 4 is 5.97 Å². The molecule has 5 heteroatoms. The van der Waals surface area contributed by atoms with Gasteiger partial charge in [-0.2, -0.15) is 0 Å². The minimum absolute atomic E-state index is 0.0645. The van der Waals surface area contributed by atoms with E-state index >= 15 is 0 Å². The Kier molecular flexibility index (Phi) is 7.86. The van der Waals surface area contributed by atoms with Crippen molar-refractivity contribution < 1.29 is 24.5 Å². The minimum atomic E-state index is -0.861. The van der Waals surface area contributed by atoms with E-state index in [0.29, 0.717) is 18.3 Å². The lowest BCUT2D eigenvalue weighted by atomic mass is 9.54. The van der Waals surface area contributed by atoms with Gasteiger partial charge in [-0.1, -0.05) is 53.9 Å². The Morgan fingerprint density at radius 3 is 2.56 bits per heavy atom. The molecule has 0 saturated heterocycles. The quantitative estimate of drug-likeness (QED) is 0.422. The van der Waals surface area contributed by atoms with Crippen LogP contribution in [-0.2, 0) is 14.3 Å². The van der Waals surface area contributed by atoms with Gasteiger partial charge in [0.15, 0.2) is 0 Å². The summed E-state index contributed by atoms with van der Waals surface area (Å²) in [5.74, 6) is 3.39. The van der Waals surface area contributed by atoms with Gasteiger partial charge in [-0.3, -0.25) is 4.79 Å². The van der Waals surface area contributed by atoms with Crippen molar-refractivity contribution in [2.24, 2.45) is 40.4 Å². The molecule has 0 aromatic carbocycles. The van der Waals surface area contributed by atoms with Crippen molar-refractivity contribution in [2.75, 3.05) is 13.2 Å². The number of fused-ring (bicyclic) bond motifs is 4. The molecule has 2 N–H and O–H groups in total. The molecule has 0 spiro atoms. The van der Waals surface area contributed by atoms with Crippen LogP contribution >= 0.6 is 0 Å². The van der Waals surface area contributed by atoms with Gasteiger partial charge in [-0.25, -0.2) is 0 Å². The van der Waals surface area contributed by atoms with Crippen LogP contribution in [0.4, 0.5) is 0 Å². The van der Waals surface area contributed by atoms with Crippen LogP contribution < -0.4 is 0 Å². The van der Waals surface area contributed by atoms with Crippen LogP contribution in [0.5, 0.6) is 0 Å². The fourth-order valence-corrected chi connectivity index (χ4v) is 8.09. The molecule has 2 saturated carbocycles. The van der Waals surface area contributed by atoms with Crippen LogP contribution in [0, 0.1) is 40.4 Å². The van der Waals surface area contributed by atoms with Crippen LogP contribution in [0.2, 0.25) is 0 Å². The topological polar surface area (TPSA) is 76.0 Å². The highest BCUT2D eigenvalue weighted by molar-refractivity contribution is 5.77. The van der Waals surface area contributed by atoms with Crippen molar-refractivity contribution in [1.29, 1.82) is 0 Å². The molecule has 4 aliphatic rings. The first-order valence-electron chi connectivity index (χ1n) is 14.0. The zero-order valence-corrected chi connectivity index (χ0v) is 22.1. The van der Waals surface area contributed by atoms with E-state index in [2.05, 4.69) is 34.6 Å². The summed E-state index contributed by atoms with van der Waals surface area (Å²) < 4.78 is 12.1. The predicted octanol–water partition coefficient (Wildman–Crippen LogP) is 5.63. The van der Waals surface area contributed by atoms with Crippen molar-refractivity contribution in [2.45, 2.75) is 111 Å². The van der Waals surface area contributed by atoms with Gasteiger partial charge in [0.05, 0.1) is 25.2 Å². The molecule has 1 heterocycles. The lowest BCUT2D eigenvalue weighted by molar-refractivity contribution is -0.161. The maximum absolute atomic E-state index is 13.3. The van der Waals surface area contributed by atoms with E-state index in [9.17, 15) is 9.90 Å². The van der Waals surface area contributed by atoms with Crippen molar-refractivity contribution in [3.8, 4) is 0 Å². The molecule has 3 aliphatic carbocycles. The summed E-state index contributed by atoms with van der Waals surface area (Å²) in [7, 11) is 0. The molecule has 4 rings (SSSR count). The molecular weight excluding hydrogens is 428 g/mol. The van der Waals surface area contributed by atoms with Gasteiger partial charge in [0.25, 0.3) is 0 Å². The van der Waals surface area contributed by atoms with Gasteiger partial charge in [0.2, 0.25) is 0 Å². The summed E-state index contributed by atoms with van der Waals surface area (Å²) in [6.07, 6.45) is 10.1. The van der Waals surface area contributed by atoms with E-state index < -0.39 is 6.10 Å². The average Bonchev–Trinajstić information content (AvgIpc) is 3.15. The van der Waals surface area contributed by atoms with E-state index in [4.69, 9.17) is 14.6 Å². The first-order chi connectivity index (χ1) is 16.1. The maximum atomic E-state index is 13.3. The summed E-state index contributed by atoms with van der Waals surface area (Å²) in [5, 5.41) is 18.7. The van der Waals surface area contributed by atoms with E-state index in [0.717, 1.165) is 43.3 Å². The van der Waals surface area contributed by atoms with Crippen LogP contribution in [-0.4, -0.2) is 41.6 Å². The summed E-state index contributed by atoms with van der Waals surface area (Å²) in [6, 6.07) is 0. The van der Waals surface area contributed by atoms with E-state index in [-0.39, 0.29) is 42.0 Å². The highest BCUT2D eigenvalue weighted by Crippen LogP contribution is 2.65. The number of esters is 1. The Bertz CT molecular complexity index is 774. The van der Waals surface area contributed by atoms with Gasteiger partial charge < -0.3 is 19.7 Å². The molecular formula is C29H48O5. The number of hydrogen-bond donors (Lipinski definition) is 2. The highest BCUT2D eigenvalue weighted by atomic mass is 16.5. The lowest BCUT2D eigenvalue weighted by Crippen LogP contribution is -2.50. The lowest BCUT2D eigenvalue weighted by Gasteiger charge is -2.53. The summed E-state index contributed by atoms with van der Waals surface area (Å²) in [4.78, 5) is 13.3. The standard InChI is InChI=1S/C29H48O5/c1-18(2)7-6-8-19(3)22-9-10-23-26-24(12-14-28(22,23)4)29(5)13-11-21(33-17-20(31)16-30)15-25(29)27(32)34-26/h18-23,25,30-31H,6-17H2,1-5H3/t19-,20?,21+,22-,23+,25-,28-,29-/m1/s1. The van der Waals surface area contributed by atoms with E-state index in [1.54, 1.807) is 0 Å². The molecule has 0 radical (unpaired) electrons. The molecule has 1 unspecified atom stereocenters. The maximum Gasteiger partial charge on any atom is 0.315 e. The molecule has 5 nitrogen and oxygen atoms in total. The minimum Gasteiger partial charge on any atom is -0.431 e. The number of aliphatic hydroxyl groups excluding tert-OH is 2. The third kappa shape index (κ3) is 4.74. The molecule has 8 atom stereocenters. The summed E-state index contributed by atoms with van der Waals surface area (Å²) in [6.45, 7) is 11.7. The molecule has 34 heavy (non-hydrogen) atoms. The Morgan fingerprint density at radius 2 is 1.85 bits per heavy atom. The number of aliphatic hydroxyl groups is 2. The fourth-order valence-electron chi connectivity index (χ4n) is 8.09. The van der Waals surface area contributed by atoms with Gasteiger partial charge in [0, 0.05) is 11.3 Å². The fraction of sp³-hybridized carbons (Fsp3) is 0.897. The van der Waals surface area contributed by atoms with Crippen LogP contribution in [0.1, 0.15) is 98.8 Å². The number of carbonyl (C=O) groups excluding carboxylic acids is 1. The van der Waals surface area contributed by atoms with Crippen molar-refractivity contribution in [3.05, 3.63) is 11.3 Å². The molecule has 194 valence electrons. The number of carbonyl (C=O) groups is 1. The second kappa shape index (κ2) is 10.2. The highest BCUT2D eigenvalue weighted by Gasteiger charge is 2.59. The first-order valence-corrected chi connectivity index (χ1v) is 14.0. The number of allylic oxidation sites excluding steroid dienone is 2. The Balaban J connectivity index is 1.49. The van der Waals surface area contributed by atoms with Gasteiger partial charge in [-0.15, -0.1) is 0 Å². The smallest absolute Gasteiger partial charge is 0.315 e. The van der Waals surface area contributed by atoms with Crippen LogP contribution in [0.25, 0.3) is 0 Å². The van der Waals surface area contributed by atoms with Gasteiger partial charge in [-0.05, 0) is 73.7 Å². The van der Waals surface area contributed by atoms with E-state index in [1.165, 1.54) is 37.7 Å². The molecule has 0 bridgehead atoms. The van der Waals surface area contributed by atoms with Crippen molar-refractivity contribution in [1.82, 2.24) is 0 Å². The summed E-state index contributed by atoms with van der Waals surface area (Å²) in [5.41, 5.74) is 1.52. The molecule has 0 aromatic rings. The SMILES string of the molecule is CC(C)CCC[C@@H](C)[C@H]1CC[C@H]2C3=C(CC[C@]12C)[C@@]1(C)CC[C@H](OCC(O)CO)C[C@@H]1C(=O)O3. The molecule has 2 fully saturated rings. The molecule has 1 aliphatic heterocycles. The third-order valence-corrected chi connectivity index (χ3v) is 10.2. The number of ether oxygens (including phenoxy) is 2. The predicted molar refractivity (Wildman–Crippen MR) is 133 cm³/mol.